The Morgan fingerprint density at radius 2 is 1.76 bits per heavy atom. The summed E-state index contributed by atoms with van der Waals surface area (Å²) in [6.45, 7) is 2.95. The van der Waals surface area contributed by atoms with Crippen LogP contribution in [0.4, 0.5) is 5.69 Å². The molecule has 2 aromatic rings. The lowest BCUT2D eigenvalue weighted by Gasteiger charge is -2.21. The van der Waals surface area contributed by atoms with Crippen molar-refractivity contribution < 1.29 is 19.1 Å². The van der Waals surface area contributed by atoms with Gasteiger partial charge >= 0.3 is 5.97 Å². The molecule has 0 aliphatic carbocycles. The van der Waals surface area contributed by atoms with Crippen LogP contribution in [-0.4, -0.2) is 30.4 Å². The molecule has 150 valence electrons. The molecule has 7 nitrogen and oxygen atoms in total. The number of halogens is 1. The molecule has 8 heteroatoms. The number of amides is 2. The normalized spacial score (nSPS) is 11.3. The molecule has 2 aromatic carbocycles. The standard InChI is InChI=1S/C21H20ClN3O4/c1-13(2)19(25-20(27)14-7-9-16(22)10-8-14)21(28)29-12-18(26)24-17-6-4-3-5-15(17)11-23/h3-10,13,19H,12H2,1-2H3,(H,24,26)(H,25,27)/t19-/m0/s1. The molecule has 2 N–H and O–H groups in total. The van der Waals surface area contributed by atoms with Gasteiger partial charge in [-0.1, -0.05) is 37.6 Å². The monoisotopic (exact) mass is 413 g/mol. The highest BCUT2D eigenvalue weighted by molar-refractivity contribution is 6.30. The highest BCUT2D eigenvalue weighted by Crippen LogP contribution is 2.14. The van der Waals surface area contributed by atoms with E-state index >= 15 is 0 Å². The first-order chi connectivity index (χ1) is 13.8. The van der Waals surface area contributed by atoms with Crippen LogP contribution in [0.15, 0.2) is 48.5 Å². The second-order valence-corrected chi connectivity index (χ2v) is 6.95. The van der Waals surface area contributed by atoms with E-state index in [1.165, 1.54) is 0 Å². The first-order valence-corrected chi connectivity index (χ1v) is 9.21. The van der Waals surface area contributed by atoms with Crippen LogP contribution >= 0.6 is 11.6 Å². The van der Waals surface area contributed by atoms with Crippen molar-refractivity contribution in [3.05, 3.63) is 64.7 Å². The van der Waals surface area contributed by atoms with Gasteiger partial charge in [-0.3, -0.25) is 9.59 Å². The van der Waals surface area contributed by atoms with Crippen LogP contribution in [0.3, 0.4) is 0 Å². The summed E-state index contributed by atoms with van der Waals surface area (Å²) in [5, 5.41) is 14.7. The molecule has 1 atom stereocenters. The second-order valence-electron chi connectivity index (χ2n) is 6.52. The number of nitrogens with one attached hydrogen (secondary N) is 2. The first kappa shape index (κ1) is 21.9. The Morgan fingerprint density at radius 3 is 2.38 bits per heavy atom. The van der Waals surface area contributed by atoms with Crippen molar-refractivity contribution in [2.75, 3.05) is 11.9 Å². The van der Waals surface area contributed by atoms with Crippen LogP contribution in [0, 0.1) is 17.2 Å². The van der Waals surface area contributed by atoms with Gasteiger partial charge in [0.25, 0.3) is 11.8 Å². The molecule has 0 bridgehead atoms. The Balaban J connectivity index is 1.95. The summed E-state index contributed by atoms with van der Waals surface area (Å²) in [6, 6.07) is 13.7. The van der Waals surface area contributed by atoms with Gasteiger partial charge in [0.2, 0.25) is 0 Å². The zero-order valence-electron chi connectivity index (χ0n) is 15.9. The van der Waals surface area contributed by atoms with E-state index in [0.717, 1.165) is 0 Å². The largest absolute Gasteiger partial charge is 0.454 e. The molecule has 0 aliphatic heterocycles. The number of nitriles is 1. The summed E-state index contributed by atoms with van der Waals surface area (Å²) in [6.07, 6.45) is 0. The molecule has 0 aliphatic rings. The number of anilines is 1. The molecule has 0 aromatic heterocycles. The molecule has 0 saturated heterocycles. The molecule has 0 unspecified atom stereocenters. The van der Waals surface area contributed by atoms with Gasteiger partial charge in [-0.25, -0.2) is 4.79 Å². The van der Waals surface area contributed by atoms with Crippen LogP contribution < -0.4 is 10.6 Å². The van der Waals surface area contributed by atoms with Gasteiger partial charge in [0.1, 0.15) is 12.1 Å². The third-order valence-corrected chi connectivity index (χ3v) is 4.23. The Morgan fingerprint density at radius 1 is 1.10 bits per heavy atom. The maximum absolute atomic E-state index is 12.4. The number of ether oxygens (including phenoxy) is 1. The van der Waals surface area contributed by atoms with Gasteiger partial charge in [-0.2, -0.15) is 5.26 Å². The molecule has 0 heterocycles. The number of para-hydroxylation sites is 1. The number of carbonyl (C=O) groups excluding carboxylic acids is 3. The van der Waals surface area contributed by atoms with Crippen molar-refractivity contribution in [2.45, 2.75) is 19.9 Å². The first-order valence-electron chi connectivity index (χ1n) is 8.84. The van der Waals surface area contributed by atoms with E-state index < -0.39 is 30.4 Å². The lowest BCUT2D eigenvalue weighted by atomic mass is 10.0. The van der Waals surface area contributed by atoms with Crippen LogP contribution in [0.5, 0.6) is 0 Å². The maximum Gasteiger partial charge on any atom is 0.329 e. The van der Waals surface area contributed by atoms with Crippen LogP contribution in [0.2, 0.25) is 5.02 Å². The second kappa shape index (κ2) is 10.2. The van der Waals surface area contributed by atoms with Crippen LogP contribution in [0.1, 0.15) is 29.8 Å². The summed E-state index contributed by atoms with van der Waals surface area (Å²) < 4.78 is 5.06. The average molecular weight is 414 g/mol. The molecular weight excluding hydrogens is 394 g/mol. The molecule has 0 saturated carbocycles. The quantitative estimate of drug-likeness (QED) is 0.678. The molecule has 0 radical (unpaired) electrons. The van der Waals surface area contributed by atoms with E-state index in [1.807, 2.05) is 6.07 Å². The zero-order valence-corrected chi connectivity index (χ0v) is 16.7. The number of rotatable bonds is 7. The van der Waals surface area contributed by atoms with Crippen LogP contribution in [-0.2, 0) is 14.3 Å². The zero-order chi connectivity index (χ0) is 21.4. The Kier molecular flexibility index (Phi) is 7.75. The van der Waals surface area contributed by atoms with Gasteiger partial charge in [0.05, 0.1) is 11.3 Å². The fourth-order valence-electron chi connectivity index (χ4n) is 2.43. The summed E-state index contributed by atoms with van der Waals surface area (Å²) in [5.74, 6) is -2.04. The summed E-state index contributed by atoms with van der Waals surface area (Å²) >= 11 is 5.81. The van der Waals surface area contributed by atoms with Crippen LogP contribution in [0.25, 0.3) is 0 Å². The predicted molar refractivity (Wildman–Crippen MR) is 108 cm³/mol. The molecule has 0 spiro atoms. The molecule has 2 amide bonds. The van der Waals surface area contributed by atoms with Gasteiger partial charge in [0, 0.05) is 10.6 Å². The van der Waals surface area contributed by atoms with Crippen molar-refractivity contribution in [2.24, 2.45) is 5.92 Å². The van der Waals surface area contributed by atoms with E-state index in [1.54, 1.807) is 62.4 Å². The minimum absolute atomic E-state index is 0.263. The van der Waals surface area contributed by atoms with E-state index in [4.69, 9.17) is 21.6 Å². The van der Waals surface area contributed by atoms with Crippen molar-refractivity contribution in [3.8, 4) is 6.07 Å². The minimum Gasteiger partial charge on any atom is -0.454 e. The Hall–Kier alpha value is -3.37. The van der Waals surface area contributed by atoms with Crippen molar-refractivity contribution in [3.63, 3.8) is 0 Å². The van der Waals surface area contributed by atoms with Gasteiger partial charge in [-0.05, 0) is 42.3 Å². The highest BCUT2D eigenvalue weighted by atomic mass is 35.5. The lowest BCUT2D eigenvalue weighted by Crippen LogP contribution is -2.45. The molecule has 0 fully saturated rings. The van der Waals surface area contributed by atoms with Crippen molar-refractivity contribution >= 4 is 35.1 Å². The average Bonchev–Trinajstić information content (AvgIpc) is 2.70. The Bertz CT molecular complexity index is 936. The third-order valence-electron chi connectivity index (χ3n) is 3.98. The number of carbonyl (C=O) groups is 3. The third kappa shape index (κ3) is 6.33. The van der Waals surface area contributed by atoms with Gasteiger partial charge in [0.15, 0.2) is 6.61 Å². The Labute approximate surface area is 173 Å². The number of esters is 1. The number of benzene rings is 2. The highest BCUT2D eigenvalue weighted by Gasteiger charge is 2.26. The molecular formula is C21H20ClN3O4. The topological polar surface area (TPSA) is 108 Å². The van der Waals surface area contributed by atoms with E-state index in [-0.39, 0.29) is 5.92 Å². The fourth-order valence-corrected chi connectivity index (χ4v) is 2.55. The lowest BCUT2D eigenvalue weighted by molar-refractivity contribution is -0.150. The van der Waals surface area contributed by atoms with Crippen molar-refractivity contribution in [1.82, 2.24) is 5.32 Å². The van der Waals surface area contributed by atoms with E-state index in [9.17, 15) is 14.4 Å². The number of nitrogens with zero attached hydrogens (tertiary/aromatic N) is 1. The molecule has 29 heavy (non-hydrogen) atoms. The minimum atomic E-state index is -0.933. The summed E-state index contributed by atoms with van der Waals surface area (Å²) in [4.78, 5) is 36.8. The number of hydrogen-bond acceptors (Lipinski definition) is 5. The smallest absolute Gasteiger partial charge is 0.329 e. The summed E-state index contributed by atoms with van der Waals surface area (Å²) in [7, 11) is 0. The molecule has 2 rings (SSSR count). The van der Waals surface area contributed by atoms with Gasteiger partial charge in [-0.15, -0.1) is 0 Å². The van der Waals surface area contributed by atoms with Crippen molar-refractivity contribution in [1.29, 1.82) is 5.26 Å². The van der Waals surface area contributed by atoms with Gasteiger partial charge < -0.3 is 15.4 Å². The number of hydrogen-bond donors (Lipinski definition) is 2. The van der Waals surface area contributed by atoms with E-state index in [0.29, 0.717) is 21.8 Å². The summed E-state index contributed by atoms with van der Waals surface area (Å²) in [5.41, 5.74) is 0.966. The fraction of sp³-hybridized carbons (Fsp3) is 0.238. The SMILES string of the molecule is CC(C)[C@H](NC(=O)c1ccc(Cl)cc1)C(=O)OCC(=O)Nc1ccccc1C#N. The predicted octanol–water partition coefficient (Wildman–Crippen LogP) is 3.15. The van der Waals surface area contributed by atoms with E-state index in [2.05, 4.69) is 10.6 Å². The maximum atomic E-state index is 12.4.